The number of halogens is 1. The highest BCUT2D eigenvalue weighted by Gasteiger charge is 2.30. The van der Waals surface area contributed by atoms with Gasteiger partial charge in [-0.1, -0.05) is 12.1 Å². The number of aliphatic hydroxyl groups excluding tert-OH is 1. The highest BCUT2D eigenvalue weighted by atomic mass is 19.1. The number of nitrogens with zero attached hydrogens (tertiary/aromatic N) is 3. The smallest absolute Gasteiger partial charge is 0.332 e. The lowest BCUT2D eigenvalue weighted by Gasteiger charge is -2.26. The highest BCUT2D eigenvalue weighted by Crippen LogP contribution is 2.28. The van der Waals surface area contributed by atoms with E-state index in [1.807, 2.05) is 6.92 Å². The van der Waals surface area contributed by atoms with E-state index in [0.29, 0.717) is 43.1 Å². The van der Waals surface area contributed by atoms with E-state index in [-0.39, 0.29) is 30.4 Å². The molecule has 1 N–H and O–H groups in total. The Hall–Kier alpha value is -2.74. The van der Waals surface area contributed by atoms with Gasteiger partial charge in [-0.25, -0.2) is 9.18 Å². The molecule has 0 saturated carbocycles. The number of hydrogen-bond acceptors (Lipinski definition) is 5. The van der Waals surface area contributed by atoms with Gasteiger partial charge in [-0.3, -0.25) is 13.9 Å². The van der Waals surface area contributed by atoms with Crippen LogP contribution in [0.4, 0.5) is 10.2 Å². The second-order valence-electron chi connectivity index (χ2n) is 6.79. The summed E-state index contributed by atoms with van der Waals surface area (Å²) >= 11 is 0. The fourth-order valence-electron chi connectivity index (χ4n) is 3.46. The number of fused-ring (bicyclic) bond motifs is 1. The van der Waals surface area contributed by atoms with Crippen molar-refractivity contribution >= 4 is 11.7 Å². The lowest BCUT2D eigenvalue weighted by molar-refractivity contribution is 0.277. The van der Waals surface area contributed by atoms with Crippen LogP contribution in [-0.4, -0.2) is 33.4 Å². The second kappa shape index (κ2) is 8.52. The maximum absolute atomic E-state index is 13.2. The third kappa shape index (κ3) is 3.91. The molecule has 1 unspecified atom stereocenters. The van der Waals surface area contributed by atoms with Gasteiger partial charge in [0.1, 0.15) is 11.6 Å². The van der Waals surface area contributed by atoms with Crippen molar-refractivity contribution < 1.29 is 14.2 Å². The van der Waals surface area contributed by atoms with Crippen LogP contribution in [0.5, 0.6) is 0 Å². The molecule has 1 aliphatic heterocycles. The zero-order chi connectivity index (χ0) is 20.3. The molecule has 0 radical (unpaired) electrons. The molecule has 8 heteroatoms. The van der Waals surface area contributed by atoms with E-state index >= 15 is 0 Å². The Labute approximate surface area is 161 Å². The number of benzene rings is 1. The van der Waals surface area contributed by atoms with E-state index < -0.39 is 5.69 Å². The Bertz CT molecular complexity index is 992. The Morgan fingerprint density at radius 3 is 2.64 bits per heavy atom. The van der Waals surface area contributed by atoms with E-state index in [1.165, 1.54) is 16.7 Å². The van der Waals surface area contributed by atoms with Gasteiger partial charge in [-0.2, -0.15) is 4.99 Å². The summed E-state index contributed by atoms with van der Waals surface area (Å²) in [7, 11) is 1.57. The molecule has 0 saturated heterocycles. The Balaban J connectivity index is 2.04. The fourth-order valence-corrected chi connectivity index (χ4v) is 3.46. The van der Waals surface area contributed by atoms with Gasteiger partial charge >= 0.3 is 5.69 Å². The predicted molar refractivity (Wildman–Crippen MR) is 104 cm³/mol. The molecular formula is C20H24FN3O4. The van der Waals surface area contributed by atoms with Gasteiger partial charge in [0, 0.05) is 26.1 Å². The molecule has 3 rings (SSSR count). The SMILES string of the molecule is CCOC1=Nc2c(c(=O)n(CCCO)c(=O)n2C)CC1Cc1ccc(F)cc1. The molecule has 1 atom stereocenters. The second-order valence-corrected chi connectivity index (χ2v) is 6.79. The maximum Gasteiger partial charge on any atom is 0.332 e. The van der Waals surface area contributed by atoms with Crippen molar-refractivity contribution in [2.24, 2.45) is 18.0 Å². The first-order valence-corrected chi connectivity index (χ1v) is 9.35. The van der Waals surface area contributed by atoms with Crippen molar-refractivity contribution in [2.75, 3.05) is 13.2 Å². The number of ether oxygens (including phenoxy) is 1. The largest absolute Gasteiger partial charge is 0.481 e. The van der Waals surface area contributed by atoms with Gasteiger partial charge in [-0.05, 0) is 43.9 Å². The molecule has 1 aromatic heterocycles. The molecule has 1 aliphatic rings. The zero-order valence-electron chi connectivity index (χ0n) is 16.0. The van der Waals surface area contributed by atoms with Crippen LogP contribution in [-0.2, 0) is 31.2 Å². The first kappa shape index (κ1) is 20.0. The quantitative estimate of drug-likeness (QED) is 0.812. The minimum atomic E-state index is -0.464. The molecule has 150 valence electrons. The highest BCUT2D eigenvalue weighted by molar-refractivity contribution is 5.84. The van der Waals surface area contributed by atoms with Gasteiger partial charge in [0.2, 0.25) is 0 Å². The number of rotatable bonds is 6. The molecular weight excluding hydrogens is 365 g/mol. The van der Waals surface area contributed by atoms with Crippen molar-refractivity contribution in [1.29, 1.82) is 0 Å². The number of hydrogen-bond donors (Lipinski definition) is 1. The average molecular weight is 389 g/mol. The summed E-state index contributed by atoms with van der Waals surface area (Å²) in [6, 6.07) is 6.20. The summed E-state index contributed by atoms with van der Waals surface area (Å²) in [5.41, 5.74) is 0.520. The number of aliphatic imine (C=N–C) groups is 1. The van der Waals surface area contributed by atoms with E-state index in [0.717, 1.165) is 10.1 Å². The standard InChI is InChI=1S/C20H24FN3O4/c1-3-28-18-14(11-13-5-7-15(21)8-6-13)12-16-17(22-18)23(2)20(27)24(19(16)26)9-4-10-25/h5-8,14,25H,3-4,9-12H2,1-2H3. The molecule has 7 nitrogen and oxygen atoms in total. The fraction of sp³-hybridized carbons (Fsp3) is 0.450. The lowest BCUT2D eigenvalue weighted by Crippen LogP contribution is -2.43. The number of aromatic nitrogens is 2. The minimum Gasteiger partial charge on any atom is -0.481 e. The zero-order valence-corrected chi connectivity index (χ0v) is 16.0. The maximum atomic E-state index is 13.2. The average Bonchev–Trinajstić information content (AvgIpc) is 2.69. The first-order valence-electron chi connectivity index (χ1n) is 9.35. The summed E-state index contributed by atoms with van der Waals surface area (Å²) in [6.45, 7) is 2.31. The van der Waals surface area contributed by atoms with Crippen LogP contribution >= 0.6 is 0 Å². The van der Waals surface area contributed by atoms with Crippen LogP contribution in [0.1, 0.15) is 24.5 Å². The van der Waals surface area contributed by atoms with Crippen molar-refractivity contribution in [2.45, 2.75) is 32.7 Å². The number of aliphatic hydroxyl groups is 1. The first-order chi connectivity index (χ1) is 13.5. The van der Waals surface area contributed by atoms with Gasteiger partial charge in [-0.15, -0.1) is 0 Å². The minimum absolute atomic E-state index is 0.105. The third-order valence-corrected chi connectivity index (χ3v) is 4.85. The molecule has 2 aromatic rings. The molecule has 2 heterocycles. The van der Waals surface area contributed by atoms with Crippen molar-refractivity contribution in [3.8, 4) is 0 Å². The lowest BCUT2D eigenvalue weighted by atomic mass is 9.91. The Kier molecular flexibility index (Phi) is 6.08. The summed E-state index contributed by atoms with van der Waals surface area (Å²) in [5.74, 6) is 0.295. The molecule has 0 bridgehead atoms. The topological polar surface area (TPSA) is 85.8 Å². The van der Waals surface area contributed by atoms with Gasteiger partial charge in [0.05, 0.1) is 12.2 Å². The monoisotopic (exact) mass is 389 g/mol. The molecule has 0 aliphatic carbocycles. The third-order valence-electron chi connectivity index (χ3n) is 4.85. The Morgan fingerprint density at radius 2 is 2.00 bits per heavy atom. The van der Waals surface area contributed by atoms with Crippen LogP contribution in [0, 0.1) is 11.7 Å². The van der Waals surface area contributed by atoms with Crippen LogP contribution in [0.15, 0.2) is 38.8 Å². The molecule has 0 fully saturated rings. The van der Waals surface area contributed by atoms with Crippen LogP contribution in [0.3, 0.4) is 0 Å². The molecule has 0 spiro atoms. The molecule has 1 aromatic carbocycles. The summed E-state index contributed by atoms with van der Waals surface area (Å²) < 4.78 is 21.4. The van der Waals surface area contributed by atoms with Gasteiger partial charge in [0.15, 0.2) is 5.90 Å². The van der Waals surface area contributed by atoms with E-state index in [2.05, 4.69) is 4.99 Å². The van der Waals surface area contributed by atoms with Crippen LogP contribution < -0.4 is 11.2 Å². The van der Waals surface area contributed by atoms with E-state index in [1.54, 1.807) is 19.2 Å². The Morgan fingerprint density at radius 1 is 1.29 bits per heavy atom. The van der Waals surface area contributed by atoms with Gasteiger partial charge < -0.3 is 9.84 Å². The summed E-state index contributed by atoms with van der Waals surface area (Å²) in [4.78, 5) is 29.9. The normalized spacial score (nSPS) is 15.9. The summed E-state index contributed by atoms with van der Waals surface area (Å²) in [6.07, 6.45) is 1.23. The van der Waals surface area contributed by atoms with Crippen molar-refractivity contribution in [1.82, 2.24) is 9.13 Å². The summed E-state index contributed by atoms with van der Waals surface area (Å²) in [5, 5.41) is 9.05. The van der Waals surface area contributed by atoms with E-state index in [9.17, 15) is 14.0 Å². The van der Waals surface area contributed by atoms with Crippen LogP contribution in [0.25, 0.3) is 0 Å². The van der Waals surface area contributed by atoms with Crippen LogP contribution in [0.2, 0.25) is 0 Å². The van der Waals surface area contributed by atoms with Gasteiger partial charge in [0.25, 0.3) is 5.56 Å². The molecule has 0 amide bonds. The van der Waals surface area contributed by atoms with Crippen molar-refractivity contribution in [3.63, 3.8) is 0 Å². The van der Waals surface area contributed by atoms with Crippen molar-refractivity contribution in [3.05, 3.63) is 62.0 Å². The predicted octanol–water partition coefficient (Wildman–Crippen LogP) is 1.55. The van der Waals surface area contributed by atoms with E-state index in [4.69, 9.17) is 9.84 Å². The molecule has 28 heavy (non-hydrogen) atoms.